The number of hydrogen-bond donors (Lipinski definition) is 2. The summed E-state index contributed by atoms with van der Waals surface area (Å²) >= 11 is 0. The van der Waals surface area contributed by atoms with Crippen molar-refractivity contribution >= 4 is 23.0 Å². The number of carbonyl (C=O) groups is 1. The average Bonchev–Trinajstić information content (AvgIpc) is 2.57. The van der Waals surface area contributed by atoms with E-state index >= 15 is 0 Å². The van der Waals surface area contributed by atoms with Crippen molar-refractivity contribution < 1.29 is 18.8 Å². The van der Waals surface area contributed by atoms with Gasteiger partial charge in [0.25, 0.3) is 11.6 Å². The summed E-state index contributed by atoms with van der Waals surface area (Å²) in [5, 5.41) is 16.5. The number of non-ortho nitro benzene ring substituents is 1. The number of nitrogens with one attached hydrogen (secondary N) is 2. The van der Waals surface area contributed by atoms with Gasteiger partial charge >= 0.3 is 0 Å². The molecule has 2 rings (SSSR count). The van der Waals surface area contributed by atoms with E-state index in [1.807, 2.05) is 0 Å². The molecule has 0 aromatic heterocycles. The maximum absolute atomic E-state index is 12.9. The van der Waals surface area contributed by atoms with Crippen LogP contribution in [0.3, 0.4) is 0 Å². The first-order valence-corrected chi connectivity index (χ1v) is 7.09. The Labute approximate surface area is 137 Å². The van der Waals surface area contributed by atoms with Gasteiger partial charge in [0.1, 0.15) is 5.82 Å². The van der Waals surface area contributed by atoms with Crippen molar-refractivity contribution in [3.05, 3.63) is 64.0 Å². The second-order valence-electron chi connectivity index (χ2n) is 4.87. The molecule has 0 saturated heterocycles. The second kappa shape index (κ2) is 8.02. The minimum atomic E-state index is -0.576. The van der Waals surface area contributed by atoms with Crippen molar-refractivity contribution in [3.63, 3.8) is 0 Å². The number of benzene rings is 2. The smallest absolute Gasteiger partial charge is 0.270 e. The second-order valence-corrected chi connectivity index (χ2v) is 4.87. The quantitative estimate of drug-likeness (QED) is 0.461. The lowest BCUT2D eigenvalue weighted by Crippen LogP contribution is -2.17. The third-order valence-electron chi connectivity index (χ3n) is 3.18. The topological polar surface area (TPSA) is 93.5 Å². The summed E-state index contributed by atoms with van der Waals surface area (Å²) in [6, 6.07) is 9.19. The van der Waals surface area contributed by atoms with Crippen molar-refractivity contribution in [2.45, 2.75) is 0 Å². The molecule has 2 aromatic rings. The number of nitrogens with zero attached hydrogens (tertiary/aromatic N) is 1. The number of rotatable bonds is 7. The number of amides is 1. The van der Waals surface area contributed by atoms with Crippen LogP contribution < -0.4 is 10.6 Å². The highest BCUT2D eigenvalue weighted by molar-refractivity contribution is 6.08. The van der Waals surface area contributed by atoms with Crippen LogP contribution in [0.4, 0.5) is 21.5 Å². The molecule has 0 radical (unpaired) electrons. The highest BCUT2D eigenvalue weighted by Gasteiger charge is 2.17. The molecule has 0 atom stereocenters. The minimum Gasteiger partial charge on any atom is -0.383 e. The predicted octanol–water partition coefficient (Wildman–Crippen LogP) is 3.04. The number of halogens is 1. The summed E-state index contributed by atoms with van der Waals surface area (Å²) in [4.78, 5) is 22.8. The Morgan fingerprint density at radius 3 is 2.58 bits per heavy atom. The summed E-state index contributed by atoms with van der Waals surface area (Å²) in [6.45, 7) is 0.848. The number of ether oxygens (including phenoxy) is 1. The Morgan fingerprint density at radius 2 is 1.96 bits per heavy atom. The minimum absolute atomic E-state index is 0.115. The van der Waals surface area contributed by atoms with E-state index in [9.17, 15) is 19.3 Å². The molecule has 1 amide bonds. The standard InChI is InChI=1S/C16H16FN3O4/c1-24-9-8-18-15-7-6-13(20(22)23)10-14(15)16(21)19-12-4-2-11(17)3-5-12/h2-7,10,18H,8-9H2,1H3,(H,19,21). The van der Waals surface area contributed by atoms with Gasteiger partial charge in [-0.3, -0.25) is 14.9 Å². The van der Waals surface area contributed by atoms with Crippen LogP contribution in [0.5, 0.6) is 0 Å². The lowest BCUT2D eigenvalue weighted by atomic mass is 10.1. The molecule has 0 unspecified atom stereocenters. The molecule has 7 nitrogen and oxygen atoms in total. The predicted molar refractivity (Wildman–Crippen MR) is 87.8 cm³/mol. The number of anilines is 2. The molecule has 2 aromatic carbocycles. The number of nitro benzene ring substituents is 1. The highest BCUT2D eigenvalue weighted by atomic mass is 19.1. The van der Waals surface area contributed by atoms with Crippen molar-refractivity contribution in [1.82, 2.24) is 0 Å². The van der Waals surface area contributed by atoms with E-state index in [1.165, 1.54) is 42.5 Å². The van der Waals surface area contributed by atoms with Crippen LogP contribution in [-0.4, -0.2) is 31.1 Å². The average molecular weight is 333 g/mol. The monoisotopic (exact) mass is 333 g/mol. The van der Waals surface area contributed by atoms with Gasteiger partial charge in [0.05, 0.1) is 17.1 Å². The fourth-order valence-electron chi connectivity index (χ4n) is 2.01. The van der Waals surface area contributed by atoms with Gasteiger partial charge in [-0.25, -0.2) is 4.39 Å². The van der Waals surface area contributed by atoms with Gasteiger partial charge in [-0.05, 0) is 30.3 Å². The van der Waals surface area contributed by atoms with Crippen molar-refractivity contribution in [2.24, 2.45) is 0 Å². The van der Waals surface area contributed by atoms with Crippen LogP contribution >= 0.6 is 0 Å². The first kappa shape index (κ1) is 17.4. The van der Waals surface area contributed by atoms with Crippen LogP contribution in [0, 0.1) is 15.9 Å². The number of nitro groups is 1. The first-order valence-electron chi connectivity index (χ1n) is 7.09. The van der Waals surface area contributed by atoms with Crippen LogP contribution in [0.1, 0.15) is 10.4 Å². The molecule has 0 aliphatic carbocycles. The molecule has 0 fully saturated rings. The molecular weight excluding hydrogens is 317 g/mol. The van der Waals surface area contributed by atoms with Crippen LogP contribution in [-0.2, 0) is 4.74 Å². The first-order chi connectivity index (χ1) is 11.5. The largest absolute Gasteiger partial charge is 0.383 e. The molecule has 0 bridgehead atoms. The Morgan fingerprint density at radius 1 is 1.25 bits per heavy atom. The zero-order chi connectivity index (χ0) is 17.5. The van der Waals surface area contributed by atoms with Gasteiger partial charge in [0.15, 0.2) is 0 Å². The maximum atomic E-state index is 12.9. The zero-order valence-electron chi connectivity index (χ0n) is 12.9. The van der Waals surface area contributed by atoms with Crippen molar-refractivity contribution in [2.75, 3.05) is 30.9 Å². The van der Waals surface area contributed by atoms with E-state index in [0.29, 0.717) is 24.5 Å². The summed E-state index contributed by atoms with van der Waals surface area (Å²) < 4.78 is 17.8. The van der Waals surface area contributed by atoms with Crippen LogP contribution in [0.25, 0.3) is 0 Å². The highest BCUT2D eigenvalue weighted by Crippen LogP contribution is 2.23. The Bertz CT molecular complexity index is 735. The Hall–Kier alpha value is -3.00. The molecular formula is C16H16FN3O4. The number of carbonyl (C=O) groups excluding carboxylic acids is 1. The molecule has 24 heavy (non-hydrogen) atoms. The molecule has 2 N–H and O–H groups in total. The van der Waals surface area contributed by atoms with E-state index in [-0.39, 0.29) is 11.3 Å². The molecule has 0 heterocycles. The van der Waals surface area contributed by atoms with E-state index in [4.69, 9.17) is 4.74 Å². The van der Waals surface area contributed by atoms with Gasteiger partial charge in [-0.2, -0.15) is 0 Å². The van der Waals surface area contributed by atoms with Crippen molar-refractivity contribution in [3.8, 4) is 0 Å². The maximum Gasteiger partial charge on any atom is 0.270 e. The molecule has 8 heteroatoms. The zero-order valence-corrected chi connectivity index (χ0v) is 12.9. The van der Waals surface area contributed by atoms with E-state index < -0.39 is 16.6 Å². The summed E-state index contributed by atoms with van der Waals surface area (Å²) in [7, 11) is 1.54. The molecule has 0 saturated carbocycles. The lowest BCUT2D eigenvalue weighted by molar-refractivity contribution is -0.384. The van der Waals surface area contributed by atoms with E-state index in [2.05, 4.69) is 10.6 Å². The van der Waals surface area contributed by atoms with Crippen molar-refractivity contribution in [1.29, 1.82) is 0 Å². The third-order valence-corrected chi connectivity index (χ3v) is 3.18. The van der Waals surface area contributed by atoms with Gasteiger partial charge in [0.2, 0.25) is 0 Å². The third kappa shape index (κ3) is 4.50. The Kier molecular flexibility index (Phi) is 5.80. The SMILES string of the molecule is COCCNc1ccc([N+](=O)[O-])cc1C(=O)Nc1ccc(F)cc1. The van der Waals surface area contributed by atoms with Crippen LogP contribution in [0.2, 0.25) is 0 Å². The Balaban J connectivity index is 2.26. The van der Waals surface area contributed by atoms with Gasteiger partial charge in [0, 0.05) is 37.2 Å². The van der Waals surface area contributed by atoms with Crippen LogP contribution in [0.15, 0.2) is 42.5 Å². The molecule has 126 valence electrons. The van der Waals surface area contributed by atoms with Gasteiger partial charge in [-0.1, -0.05) is 0 Å². The summed E-state index contributed by atoms with van der Waals surface area (Å²) in [5.41, 5.74) is 0.745. The fourth-order valence-corrected chi connectivity index (χ4v) is 2.01. The fraction of sp³-hybridized carbons (Fsp3) is 0.188. The summed E-state index contributed by atoms with van der Waals surface area (Å²) in [5.74, 6) is -0.963. The molecule has 0 aliphatic heterocycles. The van der Waals surface area contributed by atoms with Gasteiger partial charge < -0.3 is 15.4 Å². The normalized spacial score (nSPS) is 10.2. The van der Waals surface area contributed by atoms with Gasteiger partial charge in [-0.15, -0.1) is 0 Å². The van der Waals surface area contributed by atoms with E-state index in [0.717, 1.165) is 0 Å². The lowest BCUT2D eigenvalue weighted by Gasteiger charge is -2.12. The number of hydrogen-bond acceptors (Lipinski definition) is 5. The molecule has 0 spiro atoms. The van der Waals surface area contributed by atoms with E-state index in [1.54, 1.807) is 7.11 Å². The number of methoxy groups -OCH3 is 1. The summed E-state index contributed by atoms with van der Waals surface area (Å²) in [6.07, 6.45) is 0. The molecule has 0 aliphatic rings.